The maximum Gasteiger partial charge on any atom is 0.234 e. The predicted molar refractivity (Wildman–Crippen MR) is 101 cm³/mol. The van der Waals surface area contributed by atoms with Gasteiger partial charge < -0.3 is 15.0 Å². The van der Waals surface area contributed by atoms with Gasteiger partial charge in [0, 0.05) is 45.1 Å². The van der Waals surface area contributed by atoms with Crippen LogP contribution >= 0.6 is 0 Å². The summed E-state index contributed by atoms with van der Waals surface area (Å²) in [7, 11) is 2.14. The van der Waals surface area contributed by atoms with Crippen molar-refractivity contribution in [2.75, 3.05) is 72.6 Å². The molecule has 0 spiro atoms. The van der Waals surface area contributed by atoms with Crippen LogP contribution in [0.5, 0.6) is 0 Å². The Labute approximate surface area is 156 Å². The van der Waals surface area contributed by atoms with Crippen LogP contribution in [0.2, 0.25) is 0 Å². The first-order chi connectivity index (χ1) is 12.7. The molecule has 7 nitrogen and oxygen atoms in total. The lowest BCUT2D eigenvalue weighted by molar-refractivity contribution is -0.122. The Morgan fingerprint density at radius 2 is 2.08 bits per heavy atom. The summed E-state index contributed by atoms with van der Waals surface area (Å²) in [4.78, 5) is 23.7. The fourth-order valence-electron chi connectivity index (χ4n) is 3.65. The third kappa shape index (κ3) is 5.74. The number of aromatic nitrogens is 1. The van der Waals surface area contributed by atoms with Gasteiger partial charge in [-0.2, -0.15) is 0 Å². The highest BCUT2D eigenvalue weighted by atomic mass is 16.5. The molecule has 2 saturated heterocycles. The molecule has 1 aromatic rings. The van der Waals surface area contributed by atoms with Gasteiger partial charge in [0.15, 0.2) is 0 Å². The van der Waals surface area contributed by atoms with E-state index in [2.05, 4.69) is 38.1 Å². The van der Waals surface area contributed by atoms with Gasteiger partial charge in [0.05, 0.1) is 25.8 Å². The number of nitrogens with one attached hydrogen (secondary N) is 1. The Hall–Kier alpha value is -1.54. The van der Waals surface area contributed by atoms with Gasteiger partial charge in [0.25, 0.3) is 0 Å². The van der Waals surface area contributed by atoms with Crippen molar-refractivity contribution in [3.8, 4) is 0 Å². The summed E-state index contributed by atoms with van der Waals surface area (Å²) in [5, 5.41) is 3.15. The monoisotopic (exact) mass is 361 g/mol. The first kappa shape index (κ1) is 19.2. The van der Waals surface area contributed by atoms with Crippen LogP contribution < -0.4 is 5.32 Å². The summed E-state index contributed by atoms with van der Waals surface area (Å²) >= 11 is 0. The molecule has 1 aromatic heterocycles. The quantitative estimate of drug-likeness (QED) is 0.782. The van der Waals surface area contributed by atoms with Gasteiger partial charge in [-0.3, -0.25) is 19.6 Å². The number of ether oxygens (including phenoxy) is 1. The lowest BCUT2D eigenvalue weighted by Crippen LogP contribution is -2.45. The molecule has 7 heteroatoms. The minimum absolute atomic E-state index is 0.108. The molecule has 3 heterocycles. The molecule has 3 rings (SSSR count). The standard InChI is InChI=1S/C19H31N5O2/c1-22-6-3-7-23(9-8-22)16-19(25)21-15-18(17-4-2-5-20-14-17)24-10-12-26-13-11-24/h2,4-5,14,18H,3,6-13,15-16H2,1H3,(H,21,25)/t18-/m1/s1. The Bertz CT molecular complexity index is 550. The first-order valence-electron chi connectivity index (χ1n) is 9.61. The number of carbonyl (C=O) groups excluding carboxylic acids is 1. The SMILES string of the molecule is CN1CCCN(CC(=O)NC[C@H](c2cccnc2)N2CCOCC2)CC1. The summed E-state index contributed by atoms with van der Waals surface area (Å²) in [6.07, 6.45) is 4.81. The van der Waals surface area contributed by atoms with Gasteiger partial charge in [-0.15, -0.1) is 0 Å². The predicted octanol–water partition coefficient (Wildman–Crippen LogP) is 0.209. The fraction of sp³-hybridized carbons (Fsp3) is 0.684. The van der Waals surface area contributed by atoms with Crippen molar-refractivity contribution in [2.24, 2.45) is 0 Å². The highest BCUT2D eigenvalue weighted by Gasteiger charge is 2.24. The van der Waals surface area contributed by atoms with Crippen molar-refractivity contribution < 1.29 is 9.53 Å². The molecule has 2 aliphatic heterocycles. The second-order valence-electron chi connectivity index (χ2n) is 7.19. The number of morpholine rings is 1. The van der Waals surface area contributed by atoms with E-state index in [0.717, 1.165) is 64.5 Å². The van der Waals surface area contributed by atoms with Gasteiger partial charge in [0.2, 0.25) is 5.91 Å². The molecule has 26 heavy (non-hydrogen) atoms. The van der Waals surface area contributed by atoms with E-state index in [4.69, 9.17) is 4.74 Å². The van der Waals surface area contributed by atoms with Gasteiger partial charge in [0.1, 0.15) is 0 Å². The van der Waals surface area contributed by atoms with E-state index in [-0.39, 0.29) is 11.9 Å². The number of nitrogens with zero attached hydrogens (tertiary/aromatic N) is 4. The van der Waals surface area contributed by atoms with Crippen molar-refractivity contribution in [2.45, 2.75) is 12.5 Å². The largest absolute Gasteiger partial charge is 0.379 e. The lowest BCUT2D eigenvalue weighted by atomic mass is 10.1. The van der Waals surface area contributed by atoms with Crippen LogP contribution in [-0.4, -0.2) is 98.2 Å². The maximum atomic E-state index is 12.5. The Kier molecular flexibility index (Phi) is 7.37. The molecular weight excluding hydrogens is 330 g/mol. The zero-order chi connectivity index (χ0) is 18.2. The number of amides is 1. The van der Waals surface area contributed by atoms with Crippen LogP contribution in [0.4, 0.5) is 0 Å². The van der Waals surface area contributed by atoms with Crippen LogP contribution in [0, 0.1) is 0 Å². The Balaban J connectivity index is 1.54. The minimum Gasteiger partial charge on any atom is -0.379 e. The number of rotatable bonds is 6. The van der Waals surface area contributed by atoms with E-state index < -0.39 is 0 Å². The summed E-state index contributed by atoms with van der Waals surface area (Å²) in [6.45, 7) is 8.43. The van der Waals surface area contributed by atoms with Crippen molar-refractivity contribution >= 4 is 5.91 Å². The fourth-order valence-corrected chi connectivity index (χ4v) is 3.65. The van der Waals surface area contributed by atoms with Gasteiger partial charge >= 0.3 is 0 Å². The van der Waals surface area contributed by atoms with Gasteiger partial charge in [-0.05, 0) is 38.2 Å². The average Bonchev–Trinajstić information content (AvgIpc) is 2.88. The molecule has 0 saturated carbocycles. The topological polar surface area (TPSA) is 60.9 Å². The Morgan fingerprint density at radius 3 is 2.85 bits per heavy atom. The van der Waals surface area contributed by atoms with Crippen LogP contribution in [0.3, 0.4) is 0 Å². The molecular formula is C19H31N5O2. The summed E-state index contributed by atoms with van der Waals surface area (Å²) in [6, 6.07) is 4.19. The summed E-state index contributed by atoms with van der Waals surface area (Å²) < 4.78 is 5.48. The second-order valence-corrected chi connectivity index (χ2v) is 7.19. The van der Waals surface area contributed by atoms with Crippen LogP contribution in [0.25, 0.3) is 0 Å². The van der Waals surface area contributed by atoms with Crippen molar-refractivity contribution in [3.05, 3.63) is 30.1 Å². The first-order valence-corrected chi connectivity index (χ1v) is 9.61. The molecule has 0 unspecified atom stereocenters. The van der Waals surface area contributed by atoms with E-state index >= 15 is 0 Å². The summed E-state index contributed by atoms with van der Waals surface area (Å²) in [5.74, 6) is 0.108. The molecule has 0 aromatic carbocycles. The average molecular weight is 361 g/mol. The number of carbonyl (C=O) groups is 1. The van der Waals surface area contributed by atoms with E-state index in [1.807, 2.05) is 12.3 Å². The van der Waals surface area contributed by atoms with Gasteiger partial charge in [-0.1, -0.05) is 6.07 Å². The highest BCUT2D eigenvalue weighted by molar-refractivity contribution is 5.78. The molecule has 0 bridgehead atoms. The zero-order valence-electron chi connectivity index (χ0n) is 15.8. The number of hydrogen-bond acceptors (Lipinski definition) is 6. The number of likely N-dealkylation sites (N-methyl/N-ethyl adjacent to an activating group) is 1. The maximum absolute atomic E-state index is 12.5. The highest BCUT2D eigenvalue weighted by Crippen LogP contribution is 2.20. The molecule has 2 fully saturated rings. The third-order valence-electron chi connectivity index (χ3n) is 5.23. The van der Waals surface area contributed by atoms with Crippen LogP contribution in [0.15, 0.2) is 24.5 Å². The minimum atomic E-state index is 0.108. The normalized spacial score (nSPS) is 21.9. The lowest BCUT2D eigenvalue weighted by Gasteiger charge is -2.34. The second kappa shape index (κ2) is 9.97. The summed E-state index contributed by atoms with van der Waals surface area (Å²) in [5.41, 5.74) is 1.14. The van der Waals surface area contributed by atoms with Crippen LogP contribution in [0.1, 0.15) is 18.0 Å². The molecule has 1 amide bonds. The van der Waals surface area contributed by atoms with Crippen LogP contribution in [-0.2, 0) is 9.53 Å². The van der Waals surface area contributed by atoms with Crippen molar-refractivity contribution in [1.82, 2.24) is 25.0 Å². The molecule has 0 aliphatic carbocycles. The molecule has 144 valence electrons. The van der Waals surface area contributed by atoms with Crippen molar-refractivity contribution in [3.63, 3.8) is 0 Å². The van der Waals surface area contributed by atoms with Crippen molar-refractivity contribution in [1.29, 1.82) is 0 Å². The molecule has 1 atom stereocenters. The smallest absolute Gasteiger partial charge is 0.234 e. The van der Waals surface area contributed by atoms with E-state index in [1.165, 1.54) is 0 Å². The molecule has 1 N–H and O–H groups in total. The number of pyridine rings is 1. The zero-order valence-corrected chi connectivity index (χ0v) is 15.8. The Morgan fingerprint density at radius 1 is 1.23 bits per heavy atom. The van der Waals surface area contributed by atoms with E-state index in [1.54, 1.807) is 6.20 Å². The van der Waals surface area contributed by atoms with E-state index in [0.29, 0.717) is 13.1 Å². The van der Waals surface area contributed by atoms with Gasteiger partial charge in [-0.25, -0.2) is 0 Å². The third-order valence-corrected chi connectivity index (χ3v) is 5.23. The molecule has 0 radical (unpaired) electrons. The van der Waals surface area contributed by atoms with E-state index in [9.17, 15) is 4.79 Å². The number of hydrogen-bond donors (Lipinski definition) is 1. The molecule has 2 aliphatic rings.